The molecule has 1 fully saturated rings. The molecule has 0 amide bonds. The van der Waals surface area contributed by atoms with Crippen LogP contribution in [0.4, 0.5) is 0 Å². The van der Waals surface area contributed by atoms with Gasteiger partial charge in [0, 0.05) is 53.0 Å². The van der Waals surface area contributed by atoms with Crippen molar-refractivity contribution in [1.29, 1.82) is 0 Å². The molecule has 0 spiro atoms. The molecule has 0 aliphatic carbocycles. The first kappa shape index (κ1) is 14.2. The zero-order valence-electron chi connectivity index (χ0n) is 8.01. The van der Waals surface area contributed by atoms with Crippen LogP contribution in [-0.4, -0.2) is 13.1 Å². The first-order valence-electron chi connectivity index (χ1n) is 4.96. The normalized spacial score (nSPS) is 22.2. The predicted octanol–water partition coefficient (Wildman–Crippen LogP) is 0.444. The fraction of sp³-hybridized carbons (Fsp3) is 1.00. The topological polar surface area (TPSA) is 48.1 Å². The van der Waals surface area contributed by atoms with Crippen molar-refractivity contribution >= 4 is 0 Å². The van der Waals surface area contributed by atoms with Gasteiger partial charge in [-0.2, -0.15) is 11.1 Å². The van der Waals surface area contributed by atoms with E-state index in [1.165, 1.54) is 38.5 Å². The van der Waals surface area contributed by atoms with Crippen molar-refractivity contribution in [3.63, 3.8) is 0 Å². The van der Waals surface area contributed by atoms with E-state index in [0.717, 1.165) is 13.1 Å². The summed E-state index contributed by atoms with van der Waals surface area (Å²) < 4.78 is 0. The molecule has 0 bridgehead atoms. The second kappa shape index (κ2) is 11.2. The fourth-order valence-electron chi connectivity index (χ4n) is 1.35. The van der Waals surface area contributed by atoms with Crippen molar-refractivity contribution in [2.75, 3.05) is 13.1 Å². The van der Waals surface area contributed by atoms with Gasteiger partial charge in [0.2, 0.25) is 0 Å². The molecule has 4 nitrogen and oxygen atoms in total. The van der Waals surface area contributed by atoms with E-state index in [9.17, 15) is 0 Å². The number of nitrogens with one attached hydrogen (secondary N) is 4. The van der Waals surface area contributed by atoms with Crippen LogP contribution in [-0.2, 0) is 0 Å². The van der Waals surface area contributed by atoms with E-state index in [1.807, 2.05) is 0 Å². The predicted molar refractivity (Wildman–Crippen MR) is 50.0 cm³/mol. The van der Waals surface area contributed by atoms with Gasteiger partial charge >= 0.3 is 0 Å². The minimum absolute atomic E-state index is 0. The average molecular weight is 330 g/mol. The molecule has 1 aliphatic rings. The summed E-state index contributed by atoms with van der Waals surface area (Å²) in [6.07, 6.45) is 7.98. The van der Waals surface area contributed by atoms with Crippen LogP contribution in [0.15, 0.2) is 0 Å². The van der Waals surface area contributed by atoms with Crippen LogP contribution < -0.4 is 21.9 Å². The number of hydrazine groups is 3. The molecule has 0 aromatic heterocycles. The summed E-state index contributed by atoms with van der Waals surface area (Å²) in [5, 5.41) is 0. The van der Waals surface area contributed by atoms with E-state index in [1.54, 1.807) is 0 Å². The number of rotatable bonds is 0. The van der Waals surface area contributed by atoms with Crippen LogP contribution in [0.1, 0.15) is 38.5 Å². The quantitative estimate of drug-likeness (QED) is 0.521. The molecule has 1 aliphatic heterocycles. The average Bonchev–Trinajstić information content (AvgIpc) is 2.05. The zero-order valence-corrected chi connectivity index (χ0v) is 10.3. The van der Waals surface area contributed by atoms with Crippen molar-refractivity contribution < 1.29 is 39.9 Å². The minimum Gasteiger partial charge on any atom is -0.243 e. The summed E-state index contributed by atoms with van der Waals surface area (Å²) in [6, 6.07) is 0. The maximum Gasteiger partial charge on any atom is 0.0113 e. The Morgan fingerprint density at radius 2 is 0.923 bits per heavy atom. The molecule has 0 atom stereocenters. The second-order valence-electron chi connectivity index (χ2n) is 3.22. The molecule has 13 heavy (non-hydrogen) atoms. The van der Waals surface area contributed by atoms with Crippen LogP contribution in [0.2, 0.25) is 0 Å². The fourth-order valence-corrected chi connectivity index (χ4v) is 1.35. The summed E-state index contributed by atoms with van der Waals surface area (Å²) in [5.74, 6) is 0. The molecule has 80 valence electrons. The van der Waals surface area contributed by atoms with E-state index in [2.05, 4.69) is 21.9 Å². The summed E-state index contributed by atoms with van der Waals surface area (Å²) in [6.45, 7) is 2.07. The molecular formula is C8H20GdN4. The molecule has 1 saturated heterocycles. The Kier molecular flexibility index (Phi) is 12.2. The molecule has 0 unspecified atom stereocenters. The van der Waals surface area contributed by atoms with E-state index >= 15 is 0 Å². The van der Waals surface area contributed by atoms with E-state index in [4.69, 9.17) is 0 Å². The van der Waals surface area contributed by atoms with Crippen molar-refractivity contribution in [3.8, 4) is 0 Å². The van der Waals surface area contributed by atoms with Gasteiger partial charge in [0.1, 0.15) is 0 Å². The first-order valence-corrected chi connectivity index (χ1v) is 4.96. The van der Waals surface area contributed by atoms with E-state index in [0.29, 0.717) is 0 Å². The van der Waals surface area contributed by atoms with Gasteiger partial charge in [-0.3, -0.25) is 0 Å². The van der Waals surface area contributed by atoms with Gasteiger partial charge in [-0.1, -0.05) is 25.7 Å². The maximum atomic E-state index is 3.08. The van der Waals surface area contributed by atoms with Crippen molar-refractivity contribution in [1.82, 2.24) is 21.9 Å². The Labute approximate surface area is 113 Å². The Hall–Kier alpha value is 1.16. The molecule has 0 aromatic carbocycles. The third-order valence-corrected chi connectivity index (χ3v) is 2.09. The maximum absolute atomic E-state index is 3.08. The third kappa shape index (κ3) is 9.47. The second-order valence-corrected chi connectivity index (χ2v) is 3.22. The SMILES string of the molecule is C1CCCCNNNNCCC1.[Gd]. The molecule has 1 rings (SSSR count). The molecule has 4 N–H and O–H groups in total. The van der Waals surface area contributed by atoms with Gasteiger partial charge in [0.05, 0.1) is 0 Å². The van der Waals surface area contributed by atoms with E-state index in [-0.39, 0.29) is 39.9 Å². The summed E-state index contributed by atoms with van der Waals surface area (Å²) >= 11 is 0. The van der Waals surface area contributed by atoms with Crippen LogP contribution in [0.5, 0.6) is 0 Å². The zero-order chi connectivity index (χ0) is 8.49. The van der Waals surface area contributed by atoms with Gasteiger partial charge in [0.25, 0.3) is 0 Å². The molecule has 0 saturated carbocycles. The summed E-state index contributed by atoms with van der Waals surface area (Å²) in [7, 11) is 0. The largest absolute Gasteiger partial charge is 0.243 e. The number of hydrogen-bond donors (Lipinski definition) is 4. The minimum atomic E-state index is 0. The van der Waals surface area contributed by atoms with Crippen molar-refractivity contribution in [3.05, 3.63) is 0 Å². The van der Waals surface area contributed by atoms with Gasteiger partial charge in [-0.05, 0) is 12.8 Å². The summed E-state index contributed by atoms with van der Waals surface area (Å²) in [5.41, 5.74) is 11.9. The van der Waals surface area contributed by atoms with Gasteiger partial charge in [-0.15, -0.1) is 0 Å². The Morgan fingerprint density at radius 1 is 0.538 bits per heavy atom. The third-order valence-electron chi connectivity index (χ3n) is 2.09. The molecule has 5 heteroatoms. The van der Waals surface area contributed by atoms with Gasteiger partial charge < -0.3 is 0 Å². The van der Waals surface area contributed by atoms with Crippen molar-refractivity contribution in [2.24, 2.45) is 0 Å². The van der Waals surface area contributed by atoms with Gasteiger partial charge in [0.15, 0.2) is 0 Å². The van der Waals surface area contributed by atoms with Crippen LogP contribution >= 0.6 is 0 Å². The van der Waals surface area contributed by atoms with Crippen LogP contribution in [0, 0.1) is 39.9 Å². The Bertz CT molecular complexity index is 59.1. The van der Waals surface area contributed by atoms with Gasteiger partial charge in [-0.25, -0.2) is 10.9 Å². The first-order chi connectivity index (χ1) is 6.00. The summed E-state index contributed by atoms with van der Waals surface area (Å²) in [4.78, 5) is 0. The Morgan fingerprint density at radius 3 is 1.38 bits per heavy atom. The monoisotopic (exact) mass is 330 g/mol. The standard InChI is InChI=1S/C8H20N4.Gd/c1-2-4-6-8-10-12-11-9-7-5-3-1;/h9-12H,1-8H2;. The smallest absolute Gasteiger partial charge is 0.0113 e. The van der Waals surface area contributed by atoms with Crippen LogP contribution in [0.25, 0.3) is 0 Å². The number of hydrogen-bond acceptors (Lipinski definition) is 4. The Balaban J connectivity index is 0.00000144. The molecule has 1 heterocycles. The molecule has 0 aromatic rings. The molecular weight excluding hydrogens is 309 g/mol. The van der Waals surface area contributed by atoms with Crippen LogP contribution in [0.3, 0.4) is 0 Å². The van der Waals surface area contributed by atoms with E-state index < -0.39 is 0 Å². The van der Waals surface area contributed by atoms with Crippen molar-refractivity contribution in [2.45, 2.75) is 38.5 Å². The molecule has 0 radical (unpaired) electrons.